The van der Waals surface area contributed by atoms with E-state index in [4.69, 9.17) is 0 Å². The van der Waals surface area contributed by atoms with Crippen molar-refractivity contribution in [3.05, 3.63) is 34.1 Å². The van der Waals surface area contributed by atoms with Gasteiger partial charge in [-0.2, -0.15) is 0 Å². The minimum Gasteiger partial charge on any atom is -0.267 e. The van der Waals surface area contributed by atoms with Crippen LogP contribution in [0.25, 0.3) is 10.9 Å². The van der Waals surface area contributed by atoms with E-state index in [1.54, 1.807) is 0 Å². The fourth-order valence-corrected chi connectivity index (χ4v) is 0.985. The number of H-pyrrole nitrogens is 1. The highest BCUT2D eigenvalue weighted by Gasteiger charge is 2.07. The van der Waals surface area contributed by atoms with E-state index < -0.39 is 17.2 Å². The lowest BCUT2D eigenvalue weighted by Crippen LogP contribution is -2.10. The third kappa shape index (κ3) is 1.16. The molecule has 0 spiro atoms. The Kier molecular flexibility index (Phi) is 1.54. The average Bonchev–Trinajstić information content (AvgIpc) is 2.09. The molecule has 66 valence electrons. The first kappa shape index (κ1) is 7.78. The molecule has 0 unspecified atom stereocenters. The quantitative estimate of drug-likeness (QED) is 0.650. The monoisotopic (exact) mass is 183 g/mol. The summed E-state index contributed by atoms with van der Waals surface area (Å²) in [5, 5.41) is 8.63. The zero-order valence-electron chi connectivity index (χ0n) is 6.21. The number of fused-ring (bicyclic) bond motifs is 1. The average molecular weight is 183 g/mol. The van der Waals surface area contributed by atoms with E-state index in [1.165, 1.54) is 0 Å². The van der Waals surface area contributed by atoms with Gasteiger partial charge in [0.05, 0.1) is 5.39 Å². The smallest absolute Gasteiger partial charge is 0.267 e. The fourth-order valence-electron chi connectivity index (χ4n) is 0.985. The highest BCUT2D eigenvalue weighted by atomic mass is 19.2. The van der Waals surface area contributed by atoms with Gasteiger partial charge in [0, 0.05) is 6.07 Å². The lowest BCUT2D eigenvalue weighted by atomic mass is 10.2. The summed E-state index contributed by atoms with van der Waals surface area (Å²) in [4.78, 5) is 11.0. The van der Waals surface area contributed by atoms with Gasteiger partial charge in [-0.15, -0.1) is 5.10 Å². The van der Waals surface area contributed by atoms with Gasteiger partial charge >= 0.3 is 0 Å². The van der Waals surface area contributed by atoms with Crippen LogP contribution in [0.1, 0.15) is 0 Å². The molecular weight excluding hydrogens is 180 g/mol. The second kappa shape index (κ2) is 2.58. The molecule has 0 atom stereocenters. The van der Waals surface area contributed by atoms with E-state index in [9.17, 15) is 13.6 Å². The van der Waals surface area contributed by atoms with Gasteiger partial charge in [-0.05, 0) is 6.07 Å². The molecule has 0 saturated carbocycles. The molecule has 0 aliphatic rings. The van der Waals surface area contributed by atoms with Gasteiger partial charge in [-0.3, -0.25) is 4.79 Å². The van der Waals surface area contributed by atoms with Crippen LogP contribution < -0.4 is 5.56 Å². The van der Waals surface area contributed by atoms with E-state index in [2.05, 4.69) is 10.3 Å². The molecule has 1 aromatic carbocycles. The summed E-state index contributed by atoms with van der Waals surface area (Å²) in [6.45, 7) is 0. The van der Waals surface area contributed by atoms with Crippen LogP contribution in [0.15, 0.2) is 16.9 Å². The minimum absolute atomic E-state index is 0.0195. The Balaban J connectivity index is 2.97. The predicted octanol–water partition coefficient (Wildman–Crippen LogP) is 0.596. The van der Waals surface area contributed by atoms with Crippen LogP contribution in [0, 0.1) is 11.6 Å². The van der Waals surface area contributed by atoms with Gasteiger partial charge in [0.2, 0.25) is 0 Å². The van der Waals surface area contributed by atoms with E-state index in [0.717, 1.165) is 12.1 Å². The van der Waals surface area contributed by atoms with Crippen molar-refractivity contribution in [2.45, 2.75) is 0 Å². The van der Waals surface area contributed by atoms with E-state index in [0.29, 0.717) is 0 Å². The van der Waals surface area contributed by atoms with E-state index in [1.807, 2.05) is 5.10 Å². The summed E-state index contributed by atoms with van der Waals surface area (Å²) in [5.41, 5.74) is -0.563. The summed E-state index contributed by atoms with van der Waals surface area (Å²) in [7, 11) is 0. The molecule has 0 aliphatic heterocycles. The fraction of sp³-hybridized carbons (Fsp3) is 0. The van der Waals surface area contributed by atoms with Crippen molar-refractivity contribution < 1.29 is 8.78 Å². The number of rotatable bonds is 0. The Morgan fingerprint density at radius 2 is 1.92 bits per heavy atom. The largest absolute Gasteiger partial charge is 0.275 e. The van der Waals surface area contributed by atoms with Crippen LogP contribution in [0.4, 0.5) is 8.78 Å². The SMILES string of the molecule is O=c1[nH]nnc2cc(F)c(F)cc12. The van der Waals surface area contributed by atoms with Crippen molar-refractivity contribution in [2.24, 2.45) is 0 Å². The zero-order valence-corrected chi connectivity index (χ0v) is 6.21. The Hall–Kier alpha value is -1.85. The summed E-state index contributed by atoms with van der Waals surface area (Å²) in [6.07, 6.45) is 0. The molecule has 1 aromatic heterocycles. The Morgan fingerprint density at radius 1 is 1.23 bits per heavy atom. The number of benzene rings is 1. The van der Waals surface area contributed by atoms with Crippen molar-refractivity contribution in [3.8, 4) is 0 Å². The first-order valence-electron chi connectivity index (χ1n) is 3.38. The molecule has 4 nitrogen and oxygen atoms in total. The van der Waals surface area contributed by atoms with Gasteiger partial charge in [-0.25, -0.2) is 13.9 Å². The Morgan fingerprint density at radius 3 is 2.69 bits per heavy atom. The van der Waals surface area contributed by atoms with Crippen molar-refractivity contribution >= 4 is 10.9 Å². The third-order valence-electron chi connectivity index (χ3n) is 1.59. The summed E-state index contributed by atoms with van der Waals surface area (Å²) in [6, 6.07) is 1.62. The highest BCUT2D eigenvalue weighted by Crippen LogP contribution is 2.11. The molecule has 0 saturated heterocycles. The molecule has 0 radical (unpaired) electrons. The molecule has 13 heavy (non-hydrogen) atoms. The predicted molar refractivity (Wildman–Crippen MR) is 40.1 cm³/mol. The van der Waals surface area contributed by atoms with Crippen molar-refractivity contribution in [2.75, 3.05) is 0 Å². The number of hydrogen-bond donors (Lipinski definition) is 1. The maximum atomic E-state index is 12.7. The molecule has 0 fully saturated rings. The number of halogens is 2. The number of nitrogens with one attached hydrogen (secondary N) is 1. The molecule has 0 bridgehead atoms. The summed E-state index contributed by atoms with van der Waals surface area (Å²) >= 11 is 0. The second-order valence-electron chi connectivity index (χ2n) is 2.42. The van der Waals surface area contributed by atoms with Crippen LogP contribution in [0.2, 0.25) is 0 Å². The standard InChI is InChI=1S/C7H3F2N3O/c8-4-1-3-6(2-5(4)9)10-12-11-7(3)13/h1-2H,(H,10,11,13). The van der Waals surface area contributed by atoms with Gasteiger partial charge in [0.25, 0.3) is 5.56 Å². The van der Waals surface area contributed by atoms with Crippen LogP contribution >= 0.6 is 0 Å². The molecule has 2 rings (SSSR count). The zero-order chi connectivity index (χ0) is 9.42. The van der Waals surface area contributed by atoms with E-state index in [-0.39, 0.29) is 10.9 Å². The number of aromatic amines is 1. The van der Waals surface area contributed by atoms with Crippen LogP contribution in [0.3, 0.4) is 0 Å². The van der Waals surface area contributed by atoms with Crippen LogP contribution in [0.5, 0.6) is 0 Å². The maximum Gasteiger partial charge on any atom is 0.275 e. The third-order valence-corrected chi connectivity index (χ3v) is 1.59. The molecular formula is C7H3F2N3O. The molecule has 0 amide bonds. The first-order chi connectivity index (χ1) is 6.18. The molecule has 1 N–H and O–H groups in total. The van der Waals surface area contributed by atoms with Crippen molar-refractivity contribution in [3.63, 3.8) is 0 Å². The molecule has 2 aromatic rings. The normalized spacial score (nSPS) is 10.6. The molecule has 6 heteroatoms. The maximum absolute atomic E-state index is 12.7. The first-order valence-corrected chi connectivity index (χ1v) is 3.38. The van der Waals surface area contributed by atoms with Crippen LogP contribution in [-0.4, -0.2) is 15.4 Å². The van der Waals surface area contributed by atoms with Gasteiger partial charge in [0.15, 0.2) is 11.6 Å². The van der Waals surface area contributed by atoms with Crippen molar-refractivity contribution in [1.29, 1.82) is 0 Å². The number of aromatic nitrogens is 3. The van der Waals surface area contributed by atoms with E-state index >= 15 is 0 Å². The number of nitrogens with zero attached hydrogens (tertiary/aromatic N) is 2. The number of hydrogen-bond acceptors (Lipinski definition) is 3. The lowest BCUT2D eigenvalue weighted by Gasteiger charge is -1.95. The second-order valence-corrected chi connectivity index (χ2v) is 2.42. The minimum atomic E-state index is -1.08. The van der Waals surface area contributed by atoms with Gasteiger partial charge in [0.1, 0.15) is 5.52 Å². The van der Waals surface area contributed by atoms with Gasteiger partial charge in [-0.1, -0.05) is 5.21 Å². The topological polar surface area (TPSA) is 58.6 Å². The Bertz CT molecular complexity index is 523. The van der Waals surface area contributed by atoms with Crippen molar-refractivity contribution in [1.82, 2.24) is 15.4 Å². The summed E-state index contributed by atoms with van der Waals surface area (Å²) < 4.78 is 25.3. The van der Waals surface area contributed by atoms with Gasteiger partial charge < -0.3 is 0 Å². The highest BCUT2D eigenvalue weighted by molar-refractivity contribution is 5.76. The molecule has 0 aliphatic carbocycles. The summed E-state index contributed by atoms with van der Waals surface area (Å²) in [5.74, 6) is -2.13. The molecule has 1 heterocycles. The Labute approximate surface area is 70.2 Å². The van der Waals surface area contributed by atoms with Crippen LogP contribution in [-0.2, 0) is 0 Å². The lowest BCUT2D eigenvalue weighted by molar-refractivity contribution is 0.510.